The van der Waals surface area contributed by atoms with Gasteiger partial charge in [-0.15, -0.1) is 0 Å². The number of anilines is 2. The van der Waals surface area contributed by atoms with E-state index in [9.17, 15) is 9.18 Å². The SMILES string of the molecule is CC(C)CNC(=O)c1cc(Nc2cccc(F)c2)nc(-c2ccccc2)n1. The summed E-state index contributed by atoms with van der Waals surface area (Å²) >= 11 is 0. The lowest BCUT2D eigenvalue weighted by molar-refractivity contribution is 0.0944. The summed E-state index contributed by atoms with van der Waals surface area (Å²) in [6.07, 6.45) is 0. The Morgan fingerprint density at radius 2 is 1.81 bits per heavy atom. The summed E-state index contributed by atoms with van der Waals surface area (Å²) in [7, 11) is 0. The first-order valence-electron chi connectivity index (χ1n) is 8.76. The van der Waals surface area contributed by atoms with Crippen molar-refractivity contribution in [3.05, 3.63) is 72.2 Å². The lowest BCUT2D eigenvalue weighted by atomic mass is 10.2. The van der Waals surface area contributed by atoms with Crippen LogP contribution in [-0.2, 0) is 0 Å². The van der Waals surface area contributed by atoms with E-state index in [1.165, 1.54) is 12.1 Å². The molecule has 0 aliphatic rings. The number of hydrogen-bond donors (Lipinski definition) is 2. The van der Waals surface area contributed by atoms with Gasteiger partial charge >= 0.3 is 0 Å². The van der Waals surface area contributed by atoms with Crippen molar-refractivity contribution in [1.29, 1.82) is 0 Å². The van der Waals surface area contributed by atoms with Gasteiger partial charge < -0.3 is 10.6 Å². The number of nitrogens with zero attached hydrogens (tertiary/aromatic N) is 2. The van der Waals surface area contributed by atoms with E-state index in [0.29, 0.717) is 29.8 Å². The van der Waals surface area contributed by atoms with E-state index in [0.717, 1.165) is 5.56 Å². The monoisotopic (exact) mass is 364 g/mol. The molecule has 2 N–H and O–H groups in total. The first-order valence-corrected chi connectivity index (χ1v) is 8.76. The van der Waals surface area contributed by atoms with Crippen LogP contribution in [-0.4, -0.2) is 22.4 Å². The van der Waals surface area contributed by atoms with Crippen molar-refractivity contribution in [3.8, 4) is 11.4 Å². The molecule has 2 aromatic carbocycles. The normalized spacial score (nSPS) is 10.7. The van der Waals surface area contributed by atoms with Crippen molar-refractivity contribution in [2.24, 2.45) is 5.92 Å². The van der Waals surface area contributed by atoms with Gasteiger partial charge in [-0.25, -0.2) is 14.4 Å². The second-order valence-corrected chi connectivity index (χ2v) is 6.57. The van der Waals surface area contributed by atoms with E-state index in [4.69, 9.17) is 0 Å². The molecule has 3 rings (SSSR count). The fourth-order valence-electron chi connectivity index (χ4n) is 2.45. The Hall–Kier alpha value is -3.28. The van der Waals surface area contributed by atoms with Crippen molar-refractivity contribution in [1.82, 2.24) is 15.3 Å². The lowest BCUT2D eigenvalue weighted by Crippen LogP contribution is -2.28. The molecule has 0 aliphatic heterocycles. The van der Waals surface area contributed by atoms with E-state index in [1.54, 1.807) is 18.2 Å². The molecule has 0 aliphatic carbocycles. The molecule has 6 heteroatoms. The Morgan fingerprint density at radius 1 is 1.04 bits per heavy atom. The van der Waals surface area contributed by atoms with Crippen LogP contribution >= 0.6 is 0 Å². The molecule has 0 saturated heterocycles. The maximum Gasteiger partial charge on any atom is 0.270 e. The summed E-state index contributed by atoms with van der Waals surface area (Å²) in [6.45, 7) is 4.59. The van der Waals surface area contributed by atoms with Gasteiger partial charge in [0.05, 0.1) is 0 Å². The van der Waals surface area contributed by atoms with Crippen LogP contribution in [0.2, 0.25) is 0 Å². The fraction of sp³-hybridized carbons (Fsp3) is 0.190. The standard InChI is InChI=1S/C21H21FN4O/c1-14(2)13-23-21(27)18-12-19(24-17-10-6-9-16(22)11-17)26-20(25-18)15-7-4-3-5-8-15/h3-12,14H,13H2,1-2H3,(H,23,27)(H,24,25,26). The van der Waals surface area contributed by atoms with Crippen molar-refractivity contribution in [2.45, 2.75) is 13.8 Å². The molecule has 0 bridgehead atoms. The van der Waals surface area contributed by atoms with Crippen molar-refractivity contribution in [2.75, 3.05) is 11.9 Å². The fourth-order valence-corrected chi connectivity index (χ4v) is 2.45. The highest BCUT2D eigenvalue weighted by Crippen LogP contribution is 2.21. The molecule has 1 amide bonds. The minimum Gasteiger partial charge on any atom is -0.350 e. The maximum absolute atomic E-state index is 13.5. The zero-order valence-corrected chi connectivity index (χ0v) is 15.2. The molecule has 1 heterocycles. The lowest BCUT2D eigenvalue weighted by Gasteiger charge is -2.11. The first kappa shape index (κ1) is 18.5. The zero-order valence-electron chi connectivity index (χ0n) is 15.2. The third kappa shape index (κ3) is 5.10. The van der Waals surface area contributed by atoms with E-state index in [1.807, 2.05) is 44.2 Å². The highest BCUT2D eigenvalue weighted by molar-refractivity contribution is 5.93. The van der Waals surface area contributed by atoms with Crippen LogP contribution in [0.1, 0.15) is 24.3 Å². The molecular weight excluding hydrogens is 343 g/mol. The third-order valence-electron chi connectivity index (χ3n) is 3.76. The Bertz CT molecular complexity index is 928. The zero-order chi connectivity index (χ0) is 19.2. The largest absolute Gasteiger partial charge is 0.350 e. The Balaban J connectivity index is 1.96. The number of rotatable bonds is 6. The summed E-state index contributed by atoms with van der Waals surface area (Å²) in [5.41, 5.74) is 1.59. The highest BCUT2D eigenvalue weighted by atomic mass is 19.1. The van der Waals surface area contributed by atoms with Crippen LogP contribution < -0.4 is 10.6 Å². The van der Waals surface area contributed by atoms with Gasteiger partial charge in [-0.1, -0.05) is 50.2 Å². The summed E-state index contributed by atoms with van der Waals surface area (Å²) in [4.78, 5) is 21.4. The number of carbonyl (C=O) groups is 1. The molecule has 0 fully saturated rings. The third-order valence-corrected chi connectivity index (χ3v) is 3.76. The van der Waals surface area contributed by atoms with Gasteiger partial charge in [0.2, 0.25) is 0 Å². The minimum atomic E-state index is -0.354. The molecule has 0 saturated carbocycles. The molecular formula is C21H21FN4O. The molecule has 3 aromatic rings. The van der Waals surface area contributed by atoms with E-state index < -0.39 is 0 Å². The second kappa shape index (κ2) is 8.40. The van der Waals surface area contributed by atoms with Gasteiger partial charge in [0, 0.05) is 23.9 Å². The quantitative estimate of drug-likeness (QED) is 0.680. The molecule has 0 spiro atoms. The summed E-state index contributed by atoms with van der Waals surface area (Å²) < 4.78 is 13.5. The van der Waals surface area contributed by atoms with Gasteiger partial charge in [-0.2, -0.15) is 0 Å². The van der Waals surface area contributed by atoms with Crippen molar-refractivity contribution >= 4 is 17.4 Å². The Labute approximate surface area is 157 Å². The van der Waals surface area contributed by atoms with Gasteiger partial charge in [-0.05, 0) is 24.1 Å². The minimum absolute atomic E-state index is 0.253. The first-order chi connectivity index (χ1) is 13.0. The summed E-state index contributed by atoms with van der Waals surface area (Å²) in [6, 6.07) is 17.0. The predicted octanol–water partition coefficient (Wildman–Crippen LogP) is 4.41. The van der Waals surface area contributed by atoms with E-state index in [-0.39, 0.29) is 17.4 Å². The van der Waals surface area contributed by atoms with Crippen LogP contribution in [0.3, 0.4) is 0 Å². The molecule has 138 valence electrons. The number of halogens is 1. The molecule has 27 heavy (non-hydrogen) atoms. The maximum atomic E-state index is 13.5. The van der Waals surface area contributed by atoms with Crippen LogP contribution in [0.25, 0.3) is 11.4 Å². The number of aromatic nitrogens is 2. The van der Waals surface area contributed by atoms with Gasteiger partial charge in [0.15, 0.2) is 5.82 Å². The number of amides is 1. The van der Waals surface area contributed by atoms with Crippen LogP contribution in [0, 0.1) is 11.7 Å². The smallest absolute Gasteiger partial charge is 0.270 e. The summed E-state index contributed by atoms with van der Waals surface area (Å²) in [5.74, 6) is 0.544. The van der Waals surface area contributed by atoms with Crippen LogP contribution in [0.5, 0.6) is 0 Å². The predicted molar refractivity (Wildman–Crippen MR) is 104 cm³/mol. The summed E-state index contributed by atoms with van der Waals surface area (Å²) in [5, 5.41) is 5.90. The van der Waals surface area contributed by atoms with Crippen LogP contribution in [0.15, 0.2) is 60.7 Å². The highest BCUT2D eigenvalue weighted by Gasteiger charge is 2.13. The van der Waals surface area contributed by atoms with Crippen molar-refractivity contribution in [3.63, 3.8) is 0 Å². The average Bonchev–Trinajstić information content (AvgIpc) is 2.66. The van der Waals surface area contributed by atoms with Gasteiger partial charge in [0.1, 0.15) is 17.3 Å². The Morgan fingerprint density at radius 3 is 2.52 bits per heavy atom. The molecule has 1 aromatic heterocycles. The average molecular weight is 364 g/mol. The molecule has 5 nitrogen and oxygen atoms in total. The van der Waals surface area contributed by atoms with Crippen LogP contribution in [0.4, 0.5) is 15.9 Å². The van der Waals surface area contributed by atoms with E-state index in [2.05, 4.69) is 20.6 Å². The van der Waals surface area contributed by atoms with Crippen molar-refractivity contribution < 1.29 is 9.18 Å². The number of hydrogen-bond acceptors (Lipinski definition) is 4. The molecule has 0 unspecified atom stereocenters. The number of benzene rings is 2. The van der Waals surface area contributed by atoms with Gasteiger partial charge in [-0.3, -0.25) is 4.79 Å². The topological polar surface area (TPSA) is 66.9 Å². The second-order valence-electron chi connectivity index (χ2n) is 6.57. The molecule has 0 radical (unpaired) electrons. The Kier molecular flexibility index (Phi) is 5.76. The van der Waals surface area contributed by atoms with Gasteiger partial charge in [0.25, 0.3) is 5.91 Å². The number of nitrogens with one attached hydrogen (secondary N) is 2. The molecule has 0 atom stereocenters. The van der Waals surface area contributed by atoms with E-state index >= 15 is 0 Å². The number of carbonyl (C=O) groups excluding carboxylic acids is 1.